The van der Waals surface area contributed by atoms with E-state index < -0.39 is 0 Å². The van der Waals surface area contributed by atoms with E-state index >= 15 is 0 Å². The fraction of sp³-hybridized carbons (Fsp3) is 0.645. The Bertz CT molecular complexity index is 1190. The highest BCUT2D eigenvalue weighted by Gasteiger charge is 2.26. The van der Waals surface area contributed by atoms with Crippen molar-refractivity contribution in [2.75, 3.05) is 64.7 Å². The van der Waals surface area contributed by atoms with Gasteiger partial charge in [0, 0.05) is 64.0 Å². The Morgan fingerprint density at radius 1 is 1.02 bits per heavy atom. The molecule has 1 saturated carbocycles. The Morgan fingerprint density at radius 3 is 2.31 bits per heavy atom. The van der Waals surface area contributed by atoms with Gasteiger partial charge in [0.1, 0.15) is 5.02 Å². The normalized spacial score (nSPS) is 24.5. The molecular weight excluding hydrogens is 554 g/mol. The van der Waals surface area contributed by atoms with Gasteiger partial charge in [0.15, 0.2) is 0 Å². The molecule has 1 unspecified atom stereocenters. The van der Waals surface area contributed by atoms with E-state index in [4.69, 9.17) is 16.3 Å². The lowest BCUT2D eigenvalue weighted by atomic mass is 9.91. The first-order valence-corrected chi connectivity index (χ1v) is 15.7. The monoisotopic (exact) mass is 601 g/mol. The molecule has 0 radical (unpaired) electrons. The quantitative estimate of drug-likeness (QED) is 0.422. The lowest BCUT2D eigenvalue weighted by Crippen LogP contribution is -2.47. The molecule has 3 fully saturated rings. The minimum atomic E-state index is -0.362. The fourth-order valence-corrected chi connectivity index (χ4v) is 6.28. The highest BCUT2D eigenvalue weighted by atomic mass is 35.5. The van der Waals surface area contributed by atoms with Gasteiger partial charge in [-0.15, -0.1) is 0 Å². The Morgan fingerprint density at radius 2 is 1.71 bits per heavy atom. The van der Waals surface area contributed by atoms with Crippen LogP contribution in [0.4, 0.5) is 11.4 Å². The van der Waals surface area contributed by atoms with Crippen LogP contribution >= 0.6 is 11.6 Å². The maximum atomic E-state index is 12.8. The summed E-state index contributed by atoms with van der Waals surface area (Å²) in [5, 5.41) is 14.4. The molecule has 0 spiro atoms. The van der Waals surface area contributed by atoms with E-state index in [9.17, 15) is 9.59 Å². The van der Waals surface area contributed by atoms with Crippen molar-refractivity contribution in [3.63, 3.8) is 0 Å². The van der Waals surface area contributed by atoms with E-state index in [1.807, 2.05) is 38.4 Å². The number of nitrogens with zero attached hydrogens (tertiary/aromatic N) is 4. The van der Waals surface area contributed by atoms with Gasteiger partial charge in [0.05, 0.1) is 24.2 Å². The van der Waals surface area contributed by atoms with E-state index in [-0.39, 0.29) is 22.5 Å². The van der Waals surface area contributed by atoms with Crippen LogP contribution in [0.1, 0.15) is 51.4 Å². The molecule has 0 bridgehead atoms. The first kappa shape index (κ1) is 32.3. The number of aromatic nitrogens is 2. The topological polar surface area (TPSA) is 104 Å². The minimum Gasteiger partial charge on any atom is -0.382 e. The van der Waals surface area contributed by atoms with Crippen LogP contribution in [-0.4, -0.2) is 93.2 Å². The van der Waals surface area contributed by atoms with Crippen LogP contribution in [0.3, 0.4) is 0 Å². The molecule has 5 rings (SSSR count). The highest BCUT2D eigenvalue weighted by Crippen LogP contribution is 2.24. The number of halogens is 1. The molecule has 232 valence electrons. The number of benzene rings is 1. The predicted octanol–water partition coefficient (Wildman–Crippen LogP) is 3.52. The third-order valence-electron chi connectivity index (χ3n) is 8.95. The van der Waals surface area contributed by atoms with Gasteiger partial charge in [-0.1, -0.05) is 24.4 Å². The lowest BCUT2D eigenvalue weighted by Gasteiger charge is -2.36. The van der Waals surface area contributed by atoms with Crippen molar-refractivity contribution in [3.8, 4) is 5.69 Å². The second-order valence-electron chi connectivity index (χ2n) is 11.7. The summed E-state index contributed by atoms with van der Waals surface area (Å²) >= 11 is 6.36. The van der Waals surface area contributed by atoms with Gasteiger partial charge in [-0.3, -0.25) is 9.59 Å². The summed E-state index contributed by atoms with van der Waals surface area (Å²) in [4.78, 5) is 28.8. The molecule has 3 heterocycles. The zero-order chi connectivity index (χ0) is 30.1. The number of amides is 1. The SMILES string of the molecule is CN1CCC(N(C)c2ccc(-n3ncc(NC[C@H]4CCCOC4)c(Cl)c3=O)cc2)CC1=O.CN[C@@H]1CCCC[C@H]1NC. The van der Waals surface area contributed by atoms with E-state index in [1.54, 1.807) is 11.1 Å². The van der Waals surface area contributed by atoms with Gasteiger partial charge in [-0.05, 0) is 76.4 Å². The Labute approximate surface area is 255 Å². The molecule has 1 aromatic carbocycles. The van der Waals surface area contributed by atoms with Crippen LogP contribution in [0.25, 0.3) is 5.69 Å². The zero-order valence-electron chi connectivity index (χ0n) is 25.6. The van der Waals surface area contributed by atoms with Crippen molar-refractivity contribution in [2.45, 2.75) is 69.5 Å². The number of likely N-dealkylation sites (tertiary alicyclic amines) is 1. The lowest BCUT2D eigenvalue weighted by molar-refractivity contribution is -0.132. The Hall–Kier alpha value is -2.66. The average Bonchev–Trinajstić information content (AvgIpc) is 3.03. The predicted molar refractivity (Wildman–Crippen MR) is 170 cm³/mol. The van der Waals surface area contributed by atoms with Gasteiger partial charge < -0.3 is 30.5 Å². The number of carbonyl (C=O) groups excluding carboxylic acids is 1. The molecule has 2 saturated heterocycles. The number of hydrogen-bond donors (Lipinski definition) is 3. The number of carbonyl (C=O) groups is 1. The Kier molecular flexibility index (Phi) is 12.1. The van der Waals surface area contributed by atoms with Crippen LogP contribution in [0.5, 0.6) is 0 Å². The molecule has 1 amide bonds. The molecule has 2 aromatic rings. The number of anilines is 2. The second kappa shape index (κ2) is 15.7. The summed E-state index contributed by atoms with van der Waals surface area (Å²) in [7, 11) is 7.95. The molecule has 10 nitrogen and oxygen atoms in total. The molecule has 3 aliphatic rings. The minimum absolute atomic E-state index is 0.128. The molecular formula is C31H48ClN7O3. The van der Waals surface area contributed by atoms with Gasteiger partial charge in [-0.25, -0.2) is 0 Å². The van der Waals surface area contributed by atoms with E-state index in [0.717, 1.165) is 44.7 Å². The van der Waals surface area contributed by atoms with Crippen LogP contribution in [0.15, 0.2) is 35.3 Å². The van der Waals surface area contributed by atoms with Crippen LogP contribution in [0.2, 0.25) is 5.02 Å². The number of rotatable bonds is 8. The number of nitrogens with one attached hydrogen (secondary N) is 3. The first-order valence-electron chi connectivity index (χ1n) is 15.3. The molecule has 2 aliphatic heterocycles. The number of piperidine rings is 1. The maximum absolute atomic E-state index is 12.8. The Balaban J connectivity index is 0.000000343. The summed E-state index contributed by atoms with van der Waals surface area (Å²) in [6, 6.07) is 9.15. The van der Waals surface area contributed by atoms with Crippen molar-refractivity contribution >= 4 is 28.9 Å². The average molecular weight is 602 g/mol. The third-order valence-corrected chi connectivity index (χ3v) is 9.31. The van der Waals surface area contributed by atoms with Gasteiger partial charge in [0.2, 0.25) is 5.91 Å². The molecule has 1 aromatic heterocycles. The van der Waals surface area contributed by atoms with Crippen LogP contribution in [0, 0.1) is 5.92 Å². The van der Waals surface area contributed by atoms with E-state index in [1.165, 1.54) is 30.4 Å². The first-order chi connectivity index (χ1) is 20.3. The van der Waals surface area contributed by atoms with Crippen molar-refractivity contribution in [2.24, 2.45) is 5.92 Å². The third kappa shape index (κ3) is 8.24. The van der Waals surface area contributed by atoms with E-state index in [0.29, 0.717) is 42.3 Å². The maximum Gasteiger partial charge on any atom is 0.292 e. The molecule has 42 heavy (non-hydrogen) atoms. The second-order valence-corrected chi connectivity index (χ2v) is 12.1. The van der Waals surface area contributed by atoms with Gasteiger partial charge in [-0.2, -0.15) is 9.78 Å². The zero-order valence-corrected chi connectivity index (χ0v) is 26.3. The smallest absolute Gasteiger partial charge is 0.292 e. The molecule has 4 atom stereocenters. The summed E-state index contributed by atoms with van der Waals surface area (Å²) in [5.74, 6) is 0.575. The van der Waals surface area contributed by atoms with Crippen molar-refractivity contribution in [1.82, 2.24) is 25.3 Å². The summed E-state index contributed by atoms with van der Waals surface area (Å²) in [6.07, 6.45) is 10.6. The van der Waals surface area contributed by atoms with Crippen LogP contribution in [-0.2, 0) is 9.53 Å². The number of hydrogen-bond acceptors (Lipinski definition) is 8. The summed E-state index contributed by atoms with van der Waals surface area (Å²) in [6.45, 7) is 3.00. The number of ether oxygens (including phenoxy) is 1. The standard InChI is InChI=1S/C23H30ClN5O3.C8H18N2/c1-27-10-9-19(12-21(27)30)28(2)17-5-7-18(8-6-17)29-23(31)22(24)20(14-26-29)25-13-16-4-3-11-32-15-16;1-9-7-5-3-4-6-8(7)10-2/h5-8,14,16,19,25H,3-4,9-13,15H2,1-2H3;7-10H,3-6H2,1-2H3/t16-,19?;7-,8-/m11/s1. The van der Waals surface area contributed by atoms with Crippen molar-refractivity contribution < 1.29 is 9.53 Å². The number of likely N-dealkylation sites (N-methyl/N-ethyl adjacent to an activating group) is 2. The van der Waals surface area contributed by atoms with Crippen molar-refractivity contribution in [3.05, 3.63) is 45.8 Å². The van der Waals surface area contributed by atoms with E-state index in [2.05, 4.69) is 40.0 Å². The van der Waals surface area contributed by atoms with Gasteiger partial charge in [0.25, 0.3) is 5.56 Å². The molecule has 11 heteroatoms. The summed E-state index contributed by atoms with van der Waals surface area (Å²) in [5.41, 5.74) is 1.81. The summed E-state index contributed by atoms with van der Waals surface area (Å²) < 4.78 is 6.81. The largest absolute Gasteiger partial charge is 0.382 e. The highest BCUT2D eigenvalue weighted by molar-refractivity contribution is 6.32. The fourth-order valence-electron chi connectivity index (χ4n) is 6.08. The molecule has 3 N–H and O–H groups in total. The van der Waals surface area contributed by atoms with Crippen LogP contribution < -0.4 is 26.4 Å². The molecule has 1 aliphatic carbocycles. The van der Waals surface area contributed by atoms with Crippen molar-refractivity contribution in [1.29, 1.82) is 0 Å². The van der Waals surface area contributed by atoms with Gasteiger partial charge >= 0.3 is 0 Å².